The number of sulfonamides is 1. The van der Waals surface area contributed by atoms with Crippen molar-refractivity contribution in [1.82, 2.24) is 19.6 Å². The van der Waals surface area contributed by atoms with E-state index in [9.17, 15) is 18.0 Å². The van der Waals surface area contributed by atoms with E-state index in [4.69, 9.17) is 16.0 Å². The Kier molecular flexibility index (Phi) is 8.03. The van der Waals surface area contributed by atoms with Crippen molar-refractivity contribution in [3.63, 3.8) is 0 Å². The van der Waals surface area contributed by atoms with E-state index in [1.54, 1.807) is 59.4 Å². The van der Waals surface area contributed by atoms with Gasteiger partial charge in [-0.2, -0.15) is 0 Å². The van der Waals surface area contributed by atoms with Crippen LogP contribution >= 0.6 is 27.5 Å². The number of halogens is 2. The Bertz CT molecular complexity index is 1850. The molecule has 0 saturated heterocycles. The maximum Gasteiger partial charge on any atom is 0.270 e. The number of nitrogens with zero attached hydrogens (tertiary/aromatic N) is 2. The predicted octanol–water partition coefficient (Wildman–Crippen LogP) is 5.75. The third-order valence-electron chi connectivity index (χ3n) is 6.67. The van der Waals surface area contributed by atoms with Crippen molar-refractivity contribution < 1.29 is 22.4 Å². The summed E-state index contributed by atoms with van der Waals surface area (Å²) in [5.41, 5.74) is 3.77. The summed E-state index contributed by atoms with van der Waals surface area (Å²) in [6, 6.07) is 16.2. The fourth-order valence-electron chi connectivity index (χ4n) is 4.78. The van der Waals surface area contributed by atoms with Crippen LogP contribution in [-0.2, 0) is 23.0 Å². The standard InChI is InChI=1S/C29H24BrClN4O5S/c1-3-23-33-27(31)26(29(37)32-2)35(23)15-21-18-13-14-40-16-22(18)25(30)24(21)19-11-7-8-12-20(19)28(36)34-41(38,39)17-9-5-4-6-10-17/h4-14,16H,3,15H2,1-2H3,(H,32,37)(H,34,36). The fraction of sp³-hybridized carbons (Fsp3) is 0.138. The van der Waals surface area contributed by atoms with Crippen molar-refractivity contribution >= 4 is 49.4 Å². The number of imidazole rings is 1. The van der Waals surface area contributed by atoms with Gasteiger partial charge in [0.2, 0.25) is 0 Å². The quantitative estimate of drug-likeness (QED) is 0.219. The highest BCUT2D eigenvalue weighted by Gasteiger charge is 2.30. The molecule has 12 heteroatoms. The number of hydrogen-bond acceptors (Lipinski definition) is 6. The molecule has 2 aromatic carbocycles. The van der Waals surface area contributed by atoms with E-state index in [1.165, 1.54) is 25.4 Å². The van der Waals surface area contributed by atoms with Gasteiger partial charge >= 0.3 is 0 Å². The topological polar surface area (TPSA) is 123 Å². The predicted molar refractivity (Wildman–Crippen MR) is 159 cm³/mol. The summed E-state index contributed by atoms with van der Waals surface area (Å²) in [6.45, 7) is 2.10. The minimum absolute atomic E-state index is 0.0285. The Labute approximate surface area is 250 Å². The van der Waals surface area contributed by atoms with Crippen molar-refractivity contribution in [2.75, 3.05) is 7.05 Å². The third kappa shape index (κ3) is 5.28. The molecule has 41 heavy (non-hydrogen) atoms. The molecule has 1 aliphatic heterocycles. The van der Waals surface area contributed by atoms with Gasteiger partial charge in [-0.3, -0.25) is 9.59 Å². The van der Waals surface area contributed by atoms with Crippen LogP contribution in [0, 0.1) is 0 Å². The molecule has 5 rings (SSSR count). The number of aryl methyl sites for hydroxylation is 1. The Hall–Kier alpha value is -3.93. The van der Waals surface area contributed by atoms with Crippen LogP contribution in [0.25, 0.3) is 22.3 Å². The largest absolute Gasteiger partial charge is 0.472 e. The van der Waals surface area contributed by atoms with Crippen molar-refractivity contribution in [1.29, 1.82) is 0 Å². The molecule has 0 bridgehead atoms. The monoisotopic (exact) mass is 654 g/mol. The first-order chi connectivity index (χ1) is 19.7. The maximum atomic E-state index is 13.5. The Balaban J connectivity index is 1.68. The summed E-state index contributed by atoms with van der Waals surface area (Å²) in [5.74, 6) is -0.576. The summed E-state index contributed by atoms with van der Waals surface area (Å²) in [7, 11) is -2.61. The van der Waals surface area contributed by atoms with Crippen LogP contribution in [-0.4, -0.2) is 36.8 Å². The molecule has 9 nitrogen and oxygen atoms in total. The second kappa shape index (κ2) is 11.5. The third-order valence-corrected chi connectivity index (χ3v) is 9.11. The molecule has 210 valence electrons. The normalized spacial score (nSPS) is 11.5. The Morgan fingerprint density at radius 2 is 1.71 bits per heavy atom. The van der Waals surface area contributed by atoms with Gasteiger partial charge in [0.1, 0.15) is 11.5 Å². The van der Waals surface area contributed by atoms with E-state index in [-0.39, 0.29) is 33.8 Å². The summed E-state index contributed by atoms with van der Waals surface area (Å²) < 4.78 is 36.0. The number of carbonyl (C=O) groups excluding carboxylic acids is 2. The minimum Gasteiger partial charge on any atom is -0.472 e. The average Bonchev–Trinajstić information content (AvgIpc) is 3.45. The molecule has 3 aromatic rings. The van der Waals surface area contributed by atoms with Crippen molar-refractivity contribution in [2.45, 2.75) is 24.8 Å². The van der Waals surface area contributed by atoms with Crippen LogP contribution in [0.5, 0.6) is 0 Å². The van der Waals surface area contributed by atoms with E-state index >= 15 is 0 Å². The van der Waals surface area contributed by atoms with Crippen LogP contribution in [0.1, 0.15) is 39.2 Å². The number of nitrogens with one attached hydrogen (secondary N) is 2. The van der Waals surface area contributed by atoms with Gasteiger partial charge in [-0.15, -0.1) is 0 Å². The van der Waals surface area contributed by atoms with Gasteiger partial charge in [-0.05, 0) is 56.9 Å². The molecule has 0 radical (unpaired) electrons. The lowest BCUT2D eigenvalue weighted by atomic mass is 9.97. The van der Waals surface area contributed by atoms with Crippen LogP contribution in [0.2, 0.25) is 5.15 Å². The van der Waals surface area contributed by atoms with Crippen molar-refractivity contribution in [3.05, 3.63) is 105 Å². The number of fused-ring (bicyclic) bond motifs is 1. The number of aromatic nitrogens is 2. The van der Waals surface area contributed by atoms with E-state index in [1.807, 2.05) is 6.92 Å². The SMILES string of the molecule is CCc1nc(Cl)c(C(=O)NC)n1Cc1c2ccocc-2c(Br)c1-c1ccccc1C(=O)NS(=O)(=O)c1ccccc1. The number of rotatable bonds is 8. The zero-order valence-electron chi connectivity index (χ0n) is 21.9. The molecular formula is C29H24BrClN4O5S. The number of carbonyl (C=O) groups is 2. The van der Waals surface area contributed by atoms with Gasteiger partial charge in [0.15, 0.2) is 5.15 Å². The minimum atomic E-state index is -4.12. The first kappa shape index (κ1) is 28.6. The summed E-state index contributed by atoms with van der Waals surface area (Å²) >= 11 is 10.1. The molecule has 2 aliphatic rings. The molecule has 2 heterocycles. The number of amides is 2. The van der Waals surface area contributed by atoms with Gasteiger partial charge in [0, 0.05) is 34.6 Å². The number of hydrogen-bond donors (Lipinski definition) is 2. The van der Waals surface area contributed by atoms with E-state index in [0.717, 1.165) is 16.7 Å². The Morgan fingerprint density at radius 3 is 2.41 bits per heavy atom. The Morgan fingerprint density at radius 1 is 1.00 bits per heavy atom. The lowest BCUT2D eigenvalue weighted by Crippen LogP contribution is -2.31. The van der Waals surface area contributed by atoms with Crippen LogP contribution in [0.15, 0.2) is 87.0 Å². The smallest absolute Gasteiger partial charge is 0.270 e. The lowest BCUT2D eigenvalue weighted by molar-refractivity contribution is 0.0952. The van der Waals surface area contributed by atoms with Gasteiger partial charge < -0.3 is 14.3 Å². The highest BCUT2D eigenvalue weighted by atomic mass is 79.9. The molecule has 1 aliphatic carbocycles. The van der Waals surface area contributed by atoms with Crippen LogP contribution in [0.4, 0.5) is 0 Å². The second-order valence-electron chi connectivity index (χ2n) is 9.03. The van der Waals surface area contributed by atoms with Crippen LogP contribution in [0.3, 0.4) is 0 Å². The molecule has 0 saturated carbocycles. The lowest BCUT2D eigenvalue weighted by Gasteiger charge is -2.15. The first-order valence-corrected chi connectivity index (χ1v) is 15.2. The van der Waals surface area contributed by atoms with Crippen molar-refractivity contribution in [2.24, 2.45) is 0 Å². The highest BCUT2D eigenvalue weighted by molar-refractivity contribution is 9.10. The van der Waals surface area contributed by atoms with Gasteiger partial charge in [-0.25, -0.2) is 18.1 Å². The van der Waals surface area contributed by atoms with Crippen LogP contribution < -0.4 is 10.0 Å². The molecule has 1 aromatic heterocycles. The second-order valence-corrected chi connectivity index (χ2v) is 11.9. The zero-order chi connectivity index (χ0) is 29.3. The molecule has 0 fully saturated rings. The van der Waals surface area contributed by atoms with E-state index < -0.39 is 15.9 Å². The molecule has 0 atom stereocenters. The summed E-state index contributed by atoms with van der Waals surface area (Å²) in [5, 5.41) is 2.70. The maximum absolute atomic E-state index is 13.5. The van der Waals surface area contributed by atoms with Gasteiger partial charge in [0.25, 0.3) is 21.8 Å². The van der Waals surface area contributed by atoms with E-state index in [0.29, 0.717) is 27.8 Å². The highest BCUT2D eigenvalue weighted by Crippen LogP contribution is 2.47. The molecule has 2 N–H and O–H groups in total. The fourth-order valence-corrected chi connectivity index (χ4v) is 6.82. The molecule has 0 spiro atoms. The summed E-state index contributed by atoms with van der Waals surface area (Å²) in [4.78, 5) is 30.7. The van der Waals surface area contributed by atoms with Gasteiger partial charge in [0.05, 0.1) is 24.0 Å². The van der Waals surface area contributed by atoms with Gasteiger partial charge in [-0.1, -0.05) is 54.9 Å². The molecular weight excluding hydrogens is 632 g/mol. The first-order valence-electron chi connectivity index (χ1n) is 12.5. The van der Waals surface area contributed by atoms with Crippen molar-refractivity contribution in [3.8, 4) is 22.3 Å². The zero-order valence-corrected chi connectivity index (χ0v) is 25.1. The molecule has 0 unspecified atom stereocenters. The average molecular weight is 656 g/mol. The molecule has 2 amide bonds. The van der Waals surface area contributed by atoms with E-state index in [2.05, 4.69) is 31.0 Å². The summed E-state index contributed by atoms with van der Waals surface area (Å²) in [6.07, 6.45) is 3.63. The number of benzene rings is 2.